The molecule has 6 nitrogen and oxygen atoms in total. The predicted molar refractivity (Wildman–Crippen MR) is 101 cm³/mol. The lowest BCUT2D eigenvalue weighted by Crippen LogP contribution is -2.41. The molecule has 0 bridgehead atoms. The minimum absolute atomic E-state index is 0.0322. The van der Waals surface area contributed by atoms with Gasteiger partial charge in [0.05, 0.1) is 0 Å². The number of hydrogen-bond donors (Lipinski definition) is 1. The summed E-state index contributed by atoms with van der Waals surface area (Å²) in [5.41, 5.74) is 2.31. The molecule has 0 spiro atoms. The van der Waals surface area contributed by atoms with E-state index in [1.807, 2.05) is 47.4 Å². The van der Waals surface area contributed by atoms with Crippen molar-refractivity contribution in [1.82, 2.24) is 15.1 Å². The highest BCUT2D eigenvalue weighted by Crippen LogP contribution is 2.24. The summed E-state index contributed by atoms with van der Waals surface area (Å²) in [6.07, 6.45) is 1.31. The molecule has 1 aliphatic heterocycles. The van der Waals surface area contributed by atoms with Crippen molar-refractivity contribution in [3.8, 4) is 0 Å². The van der Waals surface area contributed by atoms with Crippen molar-refractivity contribution < 1.29 is 9.59 Å². The normalized spacial score (nSPS) is 15.2. The number of nitrogens with one attached hydrogen (secondary N) is 1. The van der Waals surface area contributed by atoms with E-state index in [4.69, 9.17) is 0 Å². The van der Waals surface area contributed by atoms with Gasteiger partial charge in [-0.15, -0.1) is 10.2 Å². The average molecular weight is 366 g/mol. The van der Waals surface area contributed by atoms with Gasteiger partial charge in [-0.05, 0) is 29.7 Å². The first-order valence-corrected chi connectivity index (χ1v) is 9.44. The van der Waals surface area contributed by atoms with Gasteiger partial charge in [0, 0.05) is 24.6 Å². The summed E-state index contributed by atoms with van der Waals surface area (Å²) in [7, 11) is 0. The van der Waals surface area contributed by atoms with E-state index in [9.17, 15) is 9.59 Å². The Morgan fingerprint density at radius 1 is 1.08 bits per heavy atom. The number of hydrogen-bond acceptors (Lipinski definition) is 5. The molecule has 132 valence electrons. The van der Waals surface area contributed by atoms with Crippen LogP contribution in [0.2, 0.25) is 0 Å². The van der Waals surface area contributed by atoms with Crippen molar-refractivity contribution in [3.05, 3.63) is 53.5 Å². The quantitative estimate of drug-likeness (QED) is 0.772. The predicted octanol–water partition coefficient (Wildman–Crippen LogP) is 3.18. The molecule has 3 aromatic rings. The number of anilines is 1. The highest BCUT2D eigenvalue weighted by Gasteiger charge is 2.28. The maximum Gasteiger partial charge on any atom is 0.254 e. The molecule has 1 aromatic heterocycles. The number of likely N-dealkylation sites (tertiary alicyclic amines) is 1. The Morgan fingerprint density at radius 2 is 1.85 bits per heavy atom. The third-order valence-electron chi connectivity index (χ3n) is 4.76. The van der Waals surface area contributed by atoms with Crippen LogP contribution >= 0.6 is 11.3 Å². The molecule has 1 aliphatic rings. The Kier molecular flexibility index (Phi) is 4.62. The molecule has 1 N–H and O–H groups in total. The summed E-state index contributed by atoms with van der Waals surface area (Å²) in [6, 6.07) is 13.7. The second-order valence-corrected chi connectivity index (χ2v) is 7.16. The molecule has 4 rings (SSSR count). The van der Waals surface area contributed by atoms with Crippen LogP contribution in [-0.2, 0) is 4.79 Å². The molecule has 0 saturated carbocycles. The molecule has 26 heavy (non-hydrogen) atoms. The number of carbonyl (C=O) groups excluding carboxylic acids is 2. The van der Waals surface area contributed by atoms with E-state index in [1.165, 1.54) is 11.3 Å². The number of rotatable bonds is 3. The fourth-order valence-electron chi connectivity index (χ4n) is 3.36. The van der Waals surface area contributed by atoms with Gasteiger partial charge in [0.1, 0.15) is 5.51 Å². The fraction of sp³-hybridized carbons (Fsp3) is 0.263. The monoisotopic (exact) mass is 366 g/mol. The number of carbonyl (C=O) groups is 2. The largest absolute Gasteiger partial charge is 0.339 e. The van der Waals surface area contributed by atoms with E-state index in [0.29, 0.717) is 31.1 Å². The van der Waals surface area contributed by atoms with E-state index in [0.717, 1.165) is 16.3 Å². The lowest BCUT2D eigenvalue weighted by atomic mass is 9.95. The van der Waals surface area contributed by atoms with Crippen LogP contribution in [-0.4, -0.2) is 40.0 Å². The van der Waals surface area contributed by atoms with Crippen LogP contribution in [0.5, 0.6) is 0 Å². The molecule has 2 amide bonds. The first-order valence-electron chi connectivity index (χ1n) is 8.56. The van der Waals surface area contributed by atoms with Crippen molar-refractivity contribution in [2.24, 2.45) is 5.92 Å². The fourth-order valence-corrected chi connectivity index (χ4v) is 3.81. The van der Waals surface area contributed by atoms with Gasteiger partial charge in [-0.3, -0.25) is 9.59 Å². The van der Waals surface area contributed by atoms with Gasteiger partial charge in [0.25, 0.3) is 5.91 Å². The van der Waals surface area contributed by atoms with Crippen LogP contribution in [0.1, 0.15) is 23.2 Å². The van der Waals surface area contributed by atoms with Gasteiger partial charge in [0.2, 0.25) is 11.0 Å². The number of aromatic nitrogens is 2. The molecule has 0 aliphatic carbocycles. The SMILES string of the molecule is O=C(Nc1nncs1)C1CCN(C(=O)c2cccc3ccccc23)CC1. The Morgan fingerprint density at radius 3 is 2.62 bits per heavy atom. The Labute approximate surface area is 154 Å². The molecule has 2 heterocycles. The Bertz CT molecular complexity index is 928. The molecule has 0 unspecified atom stereocenters. The molecule has 2 aromatic carbocycles. The number of amides is 2. The first-order chi connectivity index (χ1) is 12.7. The van der Waals surface area contributed by atoms with Gasteiger partial charge in [-0.25, -0.2) is 0 Å². The van der Waals surface area contributed by atoms with E-state index in [2.05, 4.69) is 15.5 Å². The van der Waals surface area contributed by atoms with Crippen molar-refractivity contribution >= 4 is 39.1 Å². The maximum absolute atomic E-state index is 13.0. The van der Waals surface area contributed by atoms with Crippen LogP contribution in [0.3, 0.4) is 0 Å². The highest BCUT2D eigenvalue weighted by atomic mass is 32.1. The molecule has 7 heteroatoms. The summed E-state index contributed by atoms with van der Waals surface area (Å²) in [5.74, 6) is -0.112. The minimum atomic E-state index is -0.101. The van der Waals surface area contributed by atoms with Gasteiger partial charge >= 0.3 is 0 Å². The Hall–Kier alpha value is -2.80. The minimum Gasteiger partial charge on any atom is -0.339 e. The lowest BCUT2D eigenvalue weighted by Gasteiger charge is -2.31. The van der Waals surface area contributed by atoms with E-state index >= 15 is 0 Å². The zero-order valence-electron chi connectivity index (χ0n) is 14.1. The van der Waals surface area contributed by atoms with Crippen LogP contribution in [0, 0.1) is 5.92 Å². The summed E-state index contributed by atoms with van der Waals surface area (Å²) in [5, 5.41) is 12.9. The van der Waals surface area contributed by atoms with E-state index < -0.39 is 0 Å². The van der Waals surface area contributed by atoms with Gasteiger partial charge in [-0.1, -0.05) is 47.7 Å². The van der Waals surface area contributed by atoms with E-state index in [-0.39, 0.29) is 17.7 Å². The lowest BCUT2D eigenvalue weighted by molar-refractivity contribution is -0.121. The topological polar surface area (TPSA) is 75.2 Å². The van der Waals surface area contributed by atoms with Crippen molar-refractivity contribution in [2.75, 3.05) is 18.4 Å². The average Bonchev–Trinajstić information content (AvgIpc) is 3.20. The maximum atomic E-state index is 13.0. The third kappa shape index (κ3) is 3.30. The zero-order chi connectivity index (χ0) is 17.9. The number of nitrogens with zero attached hydrogens (tertiary/aromatic N) is 3. The smallest absolute Gasteiger partial charge is 0.254 e. The molecule has 0 radical (unpaired) electrons. The highest BCUT2D eigenvalue weighted by molar-refractivity contribution is 7.13. The molecular formula is C19H18N4O2S. The molecular weight excluding hydrogens is 348 g/mol. The van der Waals surface area contributed by atoms with Crippen molar-refractivity contribution in [1.29, 1.82) is 0 Å². The third-order valence-corrected chi connectivity index (χ3v) is 5.37. The van der Waals surface area contributed by atoms with Crippen LogP contribution < -0.4 is 5.32 Å². The molecule has 0 atom stereocenters. The molecule has 1 fully saturated rings. The first kappa shape index (κ1) is 16.7. The summed E-state index contributed by atoms with van der Waals surface area (Å²) >= 11 is 1.30. The van der Waals surface area contributed by atoms with E-state index in [1.54, 1.807) is 5.51 Å². The van der Waals surface area contributed by atoms with Crippen molar-refractivity contribution in [3.63, 3.8) is 0 Å². The second-order valence-electron chi connectivity index (χ2n) is 6.33. The van der Waals surface area contributed by atoms with Crippen LogP contribution in [0.15, 0.2) is 48.0 Å². The van der Waals surface area contributed by atoms with Crippen molar-refractivity contribution in [2.45, 2.75) is 12.8 Å². The zero-order valence-corrected chi connectivity index (χ0v) is 14.9. The standard InChI is InChI=1S/C19H18N4O2S/c24-17(21-19-22-20-12-26-19)14-8-10-23(11-9-14)18(25)16-7-3-5-13-4-1-2-6-15(13)16/h1-7,12,14H,8-11H2,(H,21,22,24). The number of benzene rings is 2. The Balaban J connectivity index is 1.42. The number of piperidine rings is 1. The van der Waals surface area contributed by atoms with Crippen LogP contribution in [0.4, 0.5) is 5.13 Å². The van der Waals surface area contributed by atoms with Gasteiger partial charge in [-0.2, -0.15) is 0 Å². The van der Waals surface area contributed by atoms with Gasteiger partial charge < -0.3 is 10.2 Å². The second kappa shape index (κ2) is 7.21. The molecule has 1 saturated heterocycles. The van der Waals surface area contributed by atoms with Crippen LogP contribution in [0.25, 0.3) is 10.8 Å². The van der Waals surface area contributed by atoms with Gasteiger partial charge in [0.15, 0.2) is 0 Å². The number of fused-ring (bicyclic) bond motifs is 1. The summed E-state index contributed by atoms with van der Waals surface area (Å²) in [4.78, 5) is 27.1. The summed E-state index contributed by atoms with van der Waals surface area (Å²) in [6.45, 7) is 1.16. The summed E-state index contributed by atoms with van der Waals surface area (Å²) < 4.78 is 0.